The SMILES string of the molecule is CCO[P+](=O)OCC.O=C(O)c1ccccc1. The molecule has 0 aromatic heterocycles. The summed E-state index contributed by atoms with van der Waals surface area (Å²) in [5.41, 5.74) is 0.331. The summed E-state index contributed by atoms with van der Waals surface area (Å²) in [7, 11) is -1.83. The highest BCUT2D eigenvalue weighted by Crippen LogP contribution is 2.21. The first-order valence-corrected chi connectivity index (χ1v) is 6.22. The molecule has 0 heterocycles. The van der Waals surface area contributed by atoms with Crippen LogP contribution >= 0.6 is 8.25 Å². The number of carboxylic acid groups (broad SMARTS) is 1. The second-order valence-corrected chi connectivity index (χ2v) is 3.69. The lowest BCUT2D eigenvalue weighted by Crippen LogP contribution is -1.93. The number of carboxylic acids is 1. The van der Waals surface area contributed by atoms with Crippen molar-refractivity contribution in [3.63, 3.8) is 0 Å². The molecule has 0 saturated heterocycles. The third-order valence-corrected chi connectivity index (χ3v) is 2.43. The lowest BCUT2D eigenvalue weighted by atomic mass is 10.2. The predicted octanol–water partition coefficient (Wildman–Crippen LogP) is 3.10. The van der Waals surface area contributed by atoms with Crippen LogP contribution < -0.4 is 0 Å². The highest BCUT2D eigenvalue weighted by atomic mass is 31.1. The molecule has 6 heteroatoms. The quantitative estimate of drug-likeness (QED) is 0.822. The van der Waals surface area contributed by atoms with Crippen LogP contribution in [0.5, 0.6) is 0 Å². The van der Waals surface area contributed by atoms with Crippen LogP contribution in [0.3, 0.4) is 0 Å². The Balaban J connectivity index is 0.000000304. The topological polar surface area (TPSA) is 72.8 Å². The number of carbonyl (C=O) groups is 1. The highest BCUT2D eigenvalue weighted by molar-refractivity contribution is 7.33. The van der Waals surface area contributed by atoms with Crippen molar-refractivity contribution in [2.75, 3.05) is 13.2 Å². The van der Waals surface area contributed by atoms with Crippen molar-refractivity contribution in [3.8, 4) is 0 Å². The molecule has 94 valence electrons. The van der Waals surface area contributed by atoms with E-state index < -0.39 is 14.2 Å². The average Bonchev–Trinajstić information content (AvgIpc) is 2.32. The van der Waals surface area contributed by atoms with E-state index in [-0.39, 0.29) is 0 Å². The Morgan fingerprint density at radius 1 is 1.18 bits per heavy atom. The van der Waals surface area contributed by atoms with Crippen LogP contribution in [-0.2, 0) is 13.6 Å². The Labute approximate surface area is 101 Å². The van der Waals surface area contributed by atoms with Crippen molar-refractivity contribution in [2.24, 2.45) is 0 Å². The molecule has 1 N–H and O–H groups in total. The minimum Gasteiger partial charge on any atom is -0.478 e. The maximum atomic E-state index is 10.3. The smallest absolute Gasteiger partial charge is 0.478 e. The van der Waals surface area contributed by atoms with Gasteiger partial charge in [0.15, 0.2) is 0 Å². The van der Waals surface area contributed by atoms with Gasteiger partial charge >= 0.3 is 14.2 Å². The van der Waals surface area contributed by atoms with Crippen molar-refractivity contribution in [2.45, 2.75) is 13.8 Å². The zero-order valence-electron chi connectivity index (χ0n) is 9.83. The normalized spacial score (nSPS) is 9.06. The van der Waals surface area contributed by atoms with E-state index in [9.17, 15) is 9.36 Å². The summed E-state index contributed by atoms with van der Waals surface area (Å²) >= 11 is 0. The average molecular weight is 259 g/mol. The van der Waals surface area contributed by atoms with Gasteiger partial charge in [-0.3, -0.25) is 0 Å². The van der Waals surface area contributed by atoms with Gasteiger partial charge in [0.2, 0.25) is 0 Å². The second kappa shape index (κ2) is 9.90. The molecule has 0 aliphatic heterocycles. The molecule has 5 nitrogen and oxygen atoms in total. The monoisotopic (exact) mass is 259 g/mol. The summed E-state index contributed by atoms with van der Waals surface area (Å²) in [6, 6.07) is 8.30. The Morgan fingerprint density at radius 2 is 1.65 bits per heavy atom. The van der Waals surface area contributed by atoms with Crippen LogP contribution in [0, 0.1) is 0 Å². The maximum Gasteiger partial charge on any atom is 0.697 e. The van der Waals surface area contributed by atoms with Gasteiger partial charge in [-0.05, 0) is 26.0 Å². The van der Waals surface area contributed by atoms with Gasteiger partial charge in [0.1, 0.15) is 13.2 Å². The van der Waals surface area contributed by atoms with Crippen molar-refractivity contribution in [1.82, 2.24) is 0 Å². The molecule has 17 heavy (non-hydrogen) atoms. The number of hydrogen-bond acceptors (Lipinski definition) is 4. The molecule has 0 aliphatic rings. The fourth-order valence-electron chi connectivity index (χ4n) is 0.829. The van der Waals surface area contributed by atoms with Crippen LogP contribution in [0.25, 0.3) is 0 Å². The Morgan fingerprint density at radius 3 is 1.94 bits per heavy atom. The van der Waals surface area contributed by atoms with E-state index in [1.165, 1.54) is 0 Å². The third-order valence-electron chi connectivity index (χ3n) is 1.49. The first-order chi connectivity index (χ1) is 8.11. The summed E-state index contributed by atoms with van der Waals surface area (Å²) in [6.45, 7) is 4.42. The lowest BCUT2D eigenvalue weighted by Gasteiger charge is -1.88. The third kappa shape index (κ3) is 8.51. The largest absolute Gasteiger partial charge is 0.697 e. The highest BCUT2D eigenvalue weighted by Gasteiger charge is 2.15. The Hall–Kier alpha value is -1.29. The van der Waals surface area contributed by atoms with E-state index in [4.69, 9.17) is 5.11 Å². The minimum atomic E-state index is -1.83. The molecule has 0 radical (unpaired) electrons. The number of aromatic carboxylic acids is 1. The molecule has 0 amide bonds. The van der Waals surface area contributed by atoms with Gasteiger partial charge in [0.05, 0.1) is 5.56 Å². The molecule has 0 spiro atoms. The standard InChI is InChI=1S/C7H6O2.C4H10O3P/c8-7(9)6-4-2-1-3-5-6;1-3-6-8(5)7-4-2/h1-5H,(H,8,9);3-4H2,1-2H3/q;+1. The Bertz CT molecular complexity index is 331. The van der Waals surface area contributed by atoms with E-state index in [1.54, 1.807) is 44.2 Å². The van der Waals surface area contributed by atoms with Crippen molar-refractivity contribution in [1.29, 1.82) is 0 Å². The molecule has 0 aliphatic carbocycles. The summed E-state index contributed by atoms with van der Waals surface area (Å²) < 4.78 is 19.5. The van der Waals surface area contributed by atoms with Crippen LogP contribution in [0.4, 0.5) is 0 Å². The molecule has 0 fully saturated rings. The first kappa shape index (κ1) is 15.7. The maximum absolute atomic E-state index is 10.3. The van der Waals surface area contributed by atoms with Gasteiger partial charge in [0.25, 0.3) is 0 Å². The van der Waals surface area contributed by atoms with Crippen molar-refractivity contribution < 1.29 is 23.5 Å². The van der Waals surface area contributed by atoms with Gasteiger partial charge in [-0.15, -0.1) is 9.05 Å². The summed E-state index contributed by atoms with van der Waals surface area (Å²) in [6.07, 6.45) is 0. The number of benzene rings is 1. The molecule has 1 rings (SSSR count). The fourth-order valence-corrected chi connectivity index (χ4v) is 1.32. The zero-order valence-corrected chi connectivity index (χ0v) is 10.7. The van der Waals surface area contributed by atoms with Gasteiger partial charge in [-0.1, -0.05) is 18.2 Å². The van der Waals surface area contributed by atoms with E-state index >= 15 is 0 Å². The molecule has 0 bridgehead atoms. The van der Waals surface area contributed by atoms with Gasteiger partial charge in [-0.25, -0.2) is 4.79 Å². The lowest BCUT2D eigenvalue weighted by molar-refractivity contribution is 0.0697. The van der Waals surface area contributed by atoms with E-state index in [0.717, 1.165) is 0 Å². The molecule has 0 unspecified atom stereocenters. The van der Waals surface area contributed by atoms with Crippen LogP contribution in [0.1, 0.15) is 24.2 Å². The first-order valence-electron chi connectivity index (χ1n) is 5.13. The summed E-state index contributed by atoms with van der Waals surface area (Å²) in [5, 5.41) is 8.38. The van der Waals surface area contributed by atoms with E-state index in [0.29, 0.717) is 18.8 Å². The Kier molecular flexibility index (Phi) is 9.15. The zero-order chi connectivity index (χ0) is 13.1. The van der Waals surface area contributed by atoms with Crippen LogP contribution in [-0.4, -0.2) is 24.3 Å². The van der Waals surface area contributed by atoms with Crippen molar-refractivity contribution in [3.05, 3.63) is 35.9 Å². The predicted molar refractivity (Wildman–Crippen MR) is 64.3 cm³/mol. The van der Waals surface area contributed by atoms with E-state index in [1.807, 2.05) is 0 Å². The van der Waals surface area contributed by atoms with Crippen molar-refractivity contribution >= 4 is 14.2 Å². The van der Waals surface area contributed by atoms with Gasteiger partial charge in [0, 0.05) is 4.57 Å². The molecular formula is C11H16O5P+. The van der Waals surface area contributed by atoms with E-state index in [2.05, 4.69) is 9.05 Å². The van der Waals surface area contributed by atoms with Crippen LogP contribution in [0.2, 0.25) is 0 Å². The van der Waals surface area contributed by atoms with Crippen LogP contribution in [0.15, 0.2) is 30.3 Å². The molecule has 0 atom stereocenters. The number of hydrogen-bond donors (Lipinski definition) is 1. The van der Waals surface area contributed by atoms with Gasteiger partial charge < -0.3 is 5.11 Å². The molecule has 1 aromatic rings. The van der Waals surface area contributed by atoms with Gasteiger partial charge in [-0.2, -0.15) is 0 Å². The fraction of sp³-hybridized carbons (Fsp3) is 0.364. The molecular weight excluding hydrogens is 243 g/mol. The molecule has 1 aromatic carbocycles. The molecule has 0 saturated carbocycles. The summed E-state index contributed by atoms with van der Waals surface area (Å²) in [5.74, 6) is -0.879. The summed E-state index contributed by atoms with van der Waals surface area (Å²) in [4.78, 5) is 10.2. The minimum absolute atomic E-state index is 0.331. The second-order valence-electron chi connectivity index (χ2n) is 2.73. The number of rotatable bonds is 5.